The van der Waals surface area contributed by atoms with Crippen LogP contribution in [0.3, 0.4) is 0 Å². The molecule has 0 aliphatic heterocycles. The van der Waals surface area contributed by atoms with Crippen LogP contribution >= 0.6 is 0 Å². The highest BCUT2D eigenvalue weighted by atomic mass is 32.1. The Bertz CT molecular complexity index is 1610. The van der Waals surface area contributed by atoms with Gasteiger partial charge < -0.3 is 0 Å². The Hall–Kier alpha value is -4.41. The van der Waals surface area contributed by atoms with Crippen molar-refractivity contribution >= 4 is 28.3 Å². The largest absolute Gasteiger partial charge is 0.335 e. The molecule has 0 bridgehead atoms. The van der Waals surface area contributed by atoms with Crippen molar-refractivity contribution in [3.63, 3.8) is 0 Å². The van der Waals surface area contributed by atoms with Crippen LogP contribution in [0.4, 0.5) is 5.69 Å². The number of fused-ring (bicyclic) bond motifs is 1. The second kappa shape index (κ2) is 10.9. The third kappa shape index (κ3) is 4.59. The van der Waals surface area contributed by atoms with Gasteiger partial charge in [-0.05, 0) is 54.7 Å². The van der Waals surface area contributed by atoms with E-state index in [4.69, 9.17) is 25.1 Å². The van der Waals surface area contributed by atoms with E-state index in [0.717, 1.165) is 51.1 Å². The minimum Gasteiger partial charge on any atom is -0.240 e. The summed E-state index contributed by atoms with van der Waals surface area (Å²) in [4.78, 5) is 9.10. The van der Waals surface area contributed by atoms with Gasteiger partial charge in [0.1, 0.15) is 0 Å². The molecule has 0 saturated carbocycles. The van der Waals surface area contributed by atoms with Gasteiger partial charge in [0.15, 0.2) is 5.65 Å². The van der Waals surface area contributed by atoms with Gasteiger partial charge in [0.25, 0.3) is 0 Å². The van der Waals surface area contributed by atoms with E-state index in [0.29, 0.717) is 11.4 Å². The molecular weight excluding hydrogens is 468 g/mol. The highest BCUT2D eigenvalue weighted by Gasteiger charge is 2.24. The number of hydrogen-bond acceptors (Lipinski definition) is 4. The first-order valence-electron chi connectivity index (χ1n) is 11.5. The highest BCUT2D eigenvalue weighted by Crippen LogP contribution is 2.45. The summed E-state index contributed by atoms with van der Waals surface area (Å²) in [5.74, 6) is 0. The molecule has 0 N–H and O–H groups in total. The Labute approximate surface area is 213 Å². The number of aryl methyl sites for hydroxylation is 3. The molecule has 0 atom stereocenters. The monoisotopic (exact) mass is 492 g/mol. The Balaban J connectivity index is 0.000000967. The molecule has 2 heterocycles. The zero-order valence-electron chi connectivity index (χ0n) is 20.2. The molecule has 178 valence electrons. The standard InChI is InChI=1S/C29H24N4.O2S/c1-5-21-15-17-22(18-16-21)27-28(30-4)26(24-14-10-9-11-19(24)2)25-20(3)32-33(29(25)31-27)23-12-7-6-8-13-23;1-3-2/h6-18H,5H2,1-3H3;. The average Bonchev–Trinajstić information content (AvgIpc) is 3.25. The smallest absolute Gasteiger partial charge is 0.240 e. The molecule has 5 rings (SSSR count). The summed E-state index contributed by atoms with van der Waals surface area (Å²) >= 11 is -0.750. The number of rotatable bonds is 4. The predicted molar refractivity (Wildman–Crippen MR) is 144 cm³/mol. The summed E-state index contributed by atoms with van der Waals surface area (Å²) in [6.07, 6.45) is 0.969. The van der Waals surface area contributed by atoms with Crippen molar-refractivity contribution in [3.8, 4) is 28.1 Å². The quantitative estimate of drug-likeness (QED) is 0.258. The molecule has 0 aliphatic rings. The van der Waals surface area contributed by atoms with Crippen LogP contribution in [0.25, 0.3) is 44.0 Å². The Kier molecular flexibility index (Phi) is 7.47. The first kappa shape index (κ1) is 24.7. The van der Waals surface area contributed by atoms with Gasteiger partial charge in [-0.1, -0.05) is 73.7 Å². The minimum atomic E-state index is -0.750. The zero-order valence-corrected chi connectivity index (χ0v) is 21.0. The van der Waals surface area contributed by atoms with E-state index >= 15 is 0 Å². The molecule has 0 spiro atoms. The van der Waals surface area contributed by atoms with Crippen LogP contribution < -0.4 is 0 Å². The van der Waals surface area contributed by atoms with Crippen LogP contribution in [0, 0.1) is 20.4 Å². The summed E-state index contributed by atoms with van der Waals surface area (Å²) in [7, 11) is 0. The molecule has 0 unspecified atom stereocenters. The second-order valence-corrected chi connectivity index (χ2v) is 8.40. The fourth-order valence-corrected chi connectivity index (χ4v) is 4.38. The average molecular weight is 493 g/mol. The van der Waals surface area contributed by atoms with Crippen LogP contribution in [0.15, 0.2) is 78.9 Å². The molecular formula is C29H24N4O2S. The Morgan fingerprint density at radius 2 is 1.56 bits per heavy atom. The van der Waals surface area contributed by atoms with Crippen LogP contribution in [0.1, 0.15) is 23.7 Å². The molecule has 2 aromatic heterocycles. The molecule has 6 nitrogen and oxygen atoms in total. The fraction of sp³-hybridized carbons (Fsp3) is 0.138. The predicted octanol–water partition coefficient (Wildman–Crippen LogP) is 6.81. The maximum Gasteiger partial charge on any atom is 0.335 e. The Morgan fingerprint density at radius 3 is 2.17 bits per heavy atom. The summed E-state index contributed by atoms with van der Waals surface area (Å²) in [6, 6.07) is 26.6. The number of hydrogen-bond donors (Lipinski definition) is 0. The highest BCUT2D eigenvalue weighted by molar-refractivity contribution is 7.51. The van der Waals surface area contributed by atoms with E-state index < -0.39 is 11.6 Å². The van der Waals surface area contributed by atoms with Crippen LogP contribution in [-0.2, 0) is 18.0 Å². The molecule has 0 aliphatic carbocycles. The van der Waals surface area contributed by atoms with Crippen molar-refractivity contribution in [2.45, 2.75) is 27.2 Å². The van der Waals surface area contributed by atoms with Gasteiger partial charge in [0.2, 0.25) is 5.69 Å². The molecule has 5 aromatic rings. The number of nitrogens with zero attached hydrogens (tertiary/aromatic N) is 4. The van der Waals surface area contributed by atoms with E-state index in [9.17, 15) is 0 Å². The van der Waals surface area contributed by atoms with Gasteiger partial charge in [-0.2, -0.15) is 13.5 Å². The van der Waals surface area contributed by atoms with Gasteiger partial charge in [0, 0.05) is 10.9 Å². The van der Waals surface area contributed by atoms with Gasteiger partial charge in [0.05, 0.1) is 23.6 Å². The van der Waals surface area contributed by atoms with Gasteiger partial charge in [-0.3, -0.25) is 0 Å². The van der Waals surface area contributed by atoms with Crippen molar-refractivity contribution in [2.75, 3.05) is 0 Å². The number of pyridine rings is 1. The summed E-state index contributed by atoms with van der Waals surface area (Å²) in [5, 5.41) is 5.79. The van der Waals surface area contributed by atoms with Crippen molar-refractivity contribution in [2.24, 2.45) is 0 Å². The van der Waals surface area contributed by atoms with Crippen LogP contribution in [0.2, 0.25) is 0 Å². The lowest BCUT2D eigenvalue weighted by Crippen LogP contribution is -1.99. The lowest BCUT2D eigenvalue weighted by atomic mass is 9.93. The van der Waals surface area contributed by atoms with E-state index in [2.05, 4.69) is 55.1 Å². The summed E-state index contributed by atoms with van der Waals surface area (Å²) in [6.45, 7) is 14.4. The molecule has 7 heteroatoms. The van der Waals surface area contributed by atoms with Gasteiger partial charge in [-0.25, -0.2) is 14.5 Å². The van der Waals surface area contributed by atoms with Crippen LogP contribution in [-0.4, -0.2) is 23.2 Å². The normalized spacial score (nSPS) is 10.4. The number of para-hydroxylation sites is 1. The zero-order chi connectivity index (χ0) is 25.7. The van der Waals surface area contributed by atoms with Gasteiger partial charge >= 0.3 is 11.6 Å². The lowest BCUT2D eigenvalue weighted by Gasteiger charge is -2.15. The maximum atomic E-state index is 8.29. The lowest BCUT2D eigenvalue weighted by molar-refractivity contribution is 0.630. The molecule has 0 radical (unpaired) electrons. The van der Waals surface area contributed by atoms with E-state index in [-0.39, 0.29) is 0 Å². The summed E-state index contributed by atoms with van der Waals surface area (Å²) in [5.41, 5.74) is 9.08. The third-order valence-electron chi connectivity index (χ3n) is 6.13. The first-order chi connectivity index (χ1) is 17.5. The molecule has 0 saturated heterocycles. The molecule has 0 fully saturated rings. The van der Waals surface area contributed by atoms with Crippen molar-refractivity contribution in [3.05, 3.63) is 107 Å². The molecule has 36 heavy (non-hydrogen) atoms. The first-order valence-corrected chi connectivity index (χ1v) is 12.1. The molecule has 3 aromatic carbocycles. The van der Waals surface area contributed by atoms with Crippen LogP contribution in [0.5, 0.6) is 0 Å². The Morgan fingerprint density at radius 1 is 0.917 bits per heavy atom. The van der Waals surface area contributed by atoms with E-state index in [1.165, 1.54) is 5.56 Å². The maximum absolute atomic E-state index is 8.29. The topological polar surface area (TPSA) is 69.2 Å². The SMILES string of the molecule is O=S=O.[C-]#[N+]c1c(-c2ccc(CC)cc2)nc2c(c(C)nn2-c2ccccc2)c1-c1ccccc1C. The molecule has 0 amide bonds. The summed E-state index contributed by atoms with van der Waals surface area (Å²) < 4.78 is 18.5. The number of aromatic nitrogens is 3. The number of benzene rings is 3. The van der Waals surface area contributed by atoms with Crippen molar-refractivity contribution in [1.29, 1.82) is 0 Å². The van der Waals surface area contributed by atoms with E-state index in [1.807, 2.05) is 54.1 Å². The minimum absolute atomic E-state index is 0.566. The second-order valence-electron chi connectivity index (χ2n) is 8.26. The van der Waals surface area contributed by atoms with E-state index in [1.54, 1.807) is 0 Å². The van der Waals surface area contributed by atoms with Crippen molar-refractivity contribution in [1.82, 2.24) is 14.8 Å². The third-order valence-corrected chi connectivity index (χ3v) is 6.13. The van der Waals surface area contributed by atoms with Gasteiger partial charge in [-0.15, -0.1) is 0 Å². The fourth-order valence-electron chi connectivity index (χ4n) is 4.38. The van der Waals surface area contributed by atoms with Crippen molar-refractivity contribution < 1.29 is 8.42 Å².